The summed E-state index contributed by atoms with van der Waals surface area (Å²) in [6, 6.07) is 4.99. The number of nitrogens with one attached hydrogen (secondary N) is 1. The van der Waals surface area contributed by atoms with E-state index in [1.807, 2.05) is 0 Å². The Morgan fingerprint density at radius 2 is 1.70 bits per heavy atom. The number of carboxylic acids is 1. The highest BCUT2D eigenvalue weighted by atomic mass is 16.5. The molecule has 0 aromatic heterocycles. The van der Waals surface area contributed by atoms with Crippen LogP contribution in [0.15, 0.2) is 24.3 Å². The van der Waals surface area contributed by atoms with Crippen LogP contribution in [0, 0.1) is 5.92 Å². The van der Waals surface area contributed by atoms with Crippen molar-refractivity contribution in [1.29, 1.82) is 0 Å². The van der Waals surface area contributed by atoms with E-state index in [-0.39, 0.29) is 17.0 Å². The maximum absolute atomic E-state index is 12.1. The van der Waals surface area contributed by atoms with Crippen LogP contribution in [-0.2, 0) is 9.53 Å². The largest absolute Gasteiger partial charge is 0.478 e. The third kappa shape index (κ3) is 3.57. The topological polar surface area (TPSA) is 92.7 Å². The number of aromatic carboxylic acids is 1. The summed E-state index contributed by atoms with van der Waals surface area (Å²) < 4.78 is 4.62. The Labute approximate surface area is 116 Å². The molecule has 0 bridgehead atoms. The molecule has 6 heteroatoms. The highest BCUT2D eigenvalue weighted by Gasteiger charge is 2.26. The van der Waals surface area contributed by atoms with Gasteiger partial charge in [0, 0.05) is 0 Å². The maximum Gasteiger partial charge on any atom is 0.336 e. The number of amides is 1. The van der Waals surface area contributed by atoms with Crippen LogP contribution in [-0.4, -0.2) is 36.1 Å². The van der Waals surface area contributed by atoms with Gasteiger partial charge in [-0.05, 0) is 18.1 Å². The molecule has 0 fully saturated rings. The van der Waals surface area contributed by atoms with Crippen molar-refractivity contribution >= 4 is 17.8 Å². The van der Waals surface area contributed by atoms with Gasteiger partial charge in [0.05, 0.1) is 18.2 Å². The van der Waals surface area contributed by atoms with E-state index in [0.29, 0.717) is 0 Å². The number of rotatable bonds is 5. The van der Waals surface area contributed by atoms with Crippen LogP contribution in [0.1, 0.15) is 34.6 Å². The predicted octanol–water partition coefficient (Wildman–Crippen LogP) is 1.31. The van der Waals surface area contributed by atoms with Gasteiger partial charge in [0.2, 0.25) is 0 Å². The Morgan fingerprint density at radius 1 is 1.15 bits per heavy atom. The number of carboxylic acid groups (broad SMARTS) is 1. The highest BCUT2D eigenvalue weighted by Crippen LogP contribution is 2.11. The molecule has 0 saturated carbocycles. The van der Waals surface area contributed by atoms with Crippen molar-refractivity contribution < 1.29 is 24.2 Å². The number of hydrogen-bond donors (Lipinski definition) is 2. The lowest BCUT2D eigenvalue weighted by atomic mass is 10.0. The molecule has 0 aliphatic rings. The van der Waals surface area contributed by atoms with Gasteiger partial charge in [0.15, 0.2) is 0 Å². The van der Waals surface area contributed by atoms with Crippen LogP contribution in [0.2, 0.25) is 0 Å². The Hall–Kier alpha value is -2.37. The minimum atomic E-state index is -1.20. The molecular formula is C14H17NO5. The van der Waals surface area contributed by atoms with E-state index >= 15 is 0 Å². The minimum absolute atomic E-state index is 0.00885. The Balaban J connectivity index is 3.01. The Kier molecular flexibility index (Phi) is 5.25. The summed E-state index contributed by atoms with van der Waals surface area (Å²) in [5.41, 5.74) is -0.105. The zero-order chi connectivity index (χ0) is 15.3. The molecule has 20 heavy (non-hydrogen) atoms. The Bertz CT molecular complexity index is 524. The third-order valence-corrected chi connectivity index (χ3v) is 2.81. The first-order valence-electron chi connectivity index (χ1n) is 6.09. The van der Waals surface area contributed by atoms with Gasteiger partial charge in [-0.15, -0.1) is 0 Å². The number of benzene rings is 1. The zero-order valence-electron chi connectivity index (χ0n) is 11.5. The van der Waals surface area contributed by atoms with Crippen molar-refractivity contribution in [3.05, 3.63) is 35.4 Å². The molecule has 0 radical (unpaired) electrons. The zero-order valence-corrected chi connectivity index (χ0v) is 11.5. The second-order valence-electron chi connectivity index (χ2n) is 4.57. The fraction of sp³-hybridized carbons (Fsp3) is 0.357. The number of ether oxygens (including phenoxy) is 1. The predicted molar refractivity (Wildman–Crippen MR) is 71.5 cm³/mol. The molecule has 0 unspecified atom stereocenters. The minimum Gasteiger partial charge on any atom is -0.478 e. The summed E-state index contributed by atoms with van der Waals surface area (Å²) >= 11 is 0. The highest BCUT2D eigenvalue weighted by molar-refractivity contribution is 6.05. The number of esters is 1. The first-order chi connectivity index (χ1) is 9.38. The summed E-state index contributed by atoms with van der Waals surface area (Å²) in [5, 5.41) is 11.5. The third-order valence-electron chi connectivity index (χ3n) is 2.81. The van der Waals surface area contributed by atoms with E-state index in [0.717, 1.165) is 0 Å². The molecule has 1 atom stereocenters. The summed E-state index contributed by atoms with van der Waals surface area (Å²) in [6.07, 6.45) is 0. The van der Waals surface area contributed by atoms with Crippen LogP contribution in [0.3, 0.4) is 0 Å². The van der Waals surface area contributed by atoms with Gasteiger partial charge >= 0.3 is 11.9 Å². The van der Waals surface area contributed by atoms with E-state index in [9.17, 15) is 14.4 Å². The fourth-order valence-corrected chi connectivity index (χ4v) is 1.71. The number of methoxy groups -OCH3 is 1. The molecule has 6 nitrogen and oxygen atoms in total. The molecular weight excluding hydrogens is 262 g/mol. The van der Waals surface area contributed by atoms with Crippen molar-refractivity contribution in [2.45, 2.75) is 19.9 Å². The van der Waals surface area contributed by atoms with Gasteiger partial charge in [-0.1, -0.05) is 26.0 Å². The standard InChI is InChI=1S/C14H17NO5/c1-8(2)11(14(19)20-3)15-12(16)9-6-4-5-7-10(9)13(17)18/h4-8,11H,1-3H3,(H,15,16)(H,17,18)/t11-/m0/s1. The maximum atomic E-state index is 12.1. The van der Waals surface area contributed by atoms with Crippen LogP contribution < -0.4 is 5.32 Å². The lowest BCUT2D eigenvalue weighted by molar-refractivity contribution is -0.144. The second kappa shape index (κ2) is 6.70. The van der Waals surface area contributed by atoms with Gasteiger partial charge in [0.1, 0.15) is 6.04 Å². The van der Waals surface area contributed by atoms with E-state index < -0.39 is 23.9 Å². The quantitative estimate of drug-likeness (QED) is 0.793. The van der Waals surface area contributed by atoms with E-state index in [2.05, 4.69) is 10.1 Å². The van der Waals surface area contributed by atoms with Crippen LogP contribution in [0.5, 0.6) is 0 Å². The van der Waals surface area contributed by atoms with Gasteiger partial charge < -0.3 is 15.2 Å². The molecule has 0 aliphatic carbocycles. The van der Waals surface area contributed by atoms with Crippen molar-refractivity contribution in [3.63, 3.8) is 0 Å². The van der Waals surface area contributed by atoms with Crippen molar-refractivity contribution in [3.8, 4) is 0 Å². The lowest BCUT2D eigenvalue weighted by Gasteiger charge is -2.20. The van der Waals surface area contributed by atoms with Crippen molar-refractivity contribution in [2.75, 3.05) is 7.11 Å². The molecule has 1 aromatic rings. The molecule has 2 N–H and O–H groups in total. The summed E-state index contributed by atoms with van der Waals surface area (Å²) in [4.78, 5) is 34.8. The first-order valence-corrected chi connectivity index (χ1v) is 6.09. The summed E-state index contributed by atoms with van der Waals surface area (Å²) in [7, 11) is 1.23. The van der Waals surface area contributed by atoms with E-state index in [1.165, 1.54) is 25.3 Å². The molecule has 1 rings (SSSR count). The van der Waals surface area contributed by atoms with E-state index in [1.54, 1.807) is 19.9 Å². The van der Waals surface area contributed by atoms with Crippen LogP contribution >= 0.6 is 0 Å². The molecule has 0 saturated heterocycles. The molecule has 1 aromatic carbocycles. The normalized spacial score (nSPS) is 11.8. The number of carbonyl (C=O) groups excluding carboxylic acids is 2. The van der Waals surface area contributed by atoms with Crippen LogP contribution in [0.25, 0.3) is 0 Å². The molecule has 0 spiro atoms. The fourth-order valence-electron chi connectivity index (χ4n) is 1.71. The number of hydrogen-bond acceptors (Lipinski definition) is 4. The van der Waals surface area contributed by atoms with Gasteiger partial charge in [-0.25, -0.2) is 9.59 Å². The molecule has 0 aliphatic heterocycles. The lowest BCUT2D eigenvalue weighted by Crippen LogP contribution is -2.45. The summed E-state index contributed by atoms with van der Waals surface area (Å²) in [5.74, 6) is -2.56. The molecule has 108 valence electrons. The van der Waals surface area contributed by atoms with Crippen molar-refractivity contribution in [2.24, 2.45) is 5.92 Å². The average Bonchev–Trinajstić information content (AvgIpc) is 2.43. The monoisotopic (exact) mass is 279 g/mol. The van der Waals surface area contributed by atoms with Gasteiger partial charge in [-0.2, -0.15) is 0 Å². The molecule has 0 heterocycles. The second-order valence-corrected chi connectivity index (χ2v) is 4.57. The average molecular weight is 279 g/mol. The Morgan fingerprint density at radius 3 is 2.15 bits per heavy atom. The number of carbonyl (C=O) groups is 3. The molecule has 1 amide bonds. The smallest absolute Gasteiger partial charge is 0.336 e. The van der Waals surface area contributed by atoms with Crippen LogP contribution in [0.4, 0.5) is 0 Å². The van der Waals surface area contributed by atoms with Crippen molar-refractivity contribution in [1.82, 2.24) is 5.32 Å². The SMILES string of the molecule is COC(=O)[C@@H](NC(=O)c1ccccc1C(=O)O)C(C)C. The first kappa shape index (κ1) is 15.7. The van der Waals surface area contributed by atoms with Gasteiger partial charge in [-0.3, -0.25) is 4.79 Å². The van der Waals surface area contributed by atoms with E-state index in [4.69, 9.17) is 5.11 Å². The van der Waals surface area contributed by atoms with Gasteiger partial charge in [0.25, 0.3) is 5.91 Å². The summed E-state index contributed by atoms with van der Waals surface area (Å²) in [6.45, 7) is 3.51.